The number of pyridine rings is 1. The van der Waals surface area contributed by atoms with Crippen molar-refractivity contribution in [3.63, 3.8) is 0 Å². The number of nitrogens with one attached hydrogen (secondary N) is 1. The molecule has 2 aromatic heterocycles. The summed E-state index contributed by atoms with van der Waals surface area (Å²) in [7, 11) is 4.80. The van der Waals surface area contributed by atoms with Crippen molar-refractivity contribution in [1.29, 1.82) is 0 Å². The van der Waals surface area contributed by atoms with Gasteiger partial charge in [0, 0.05) is 26.2 Å². The van der Waals surface area contributed by atoms with Crippen LogP contribution in [-0.2, 0) is 17.9 Å². The molecule has 1 aliphatic heterocycles. The van der Waals surface area contributed by atoms with Crippen LogP contribution < -0.4 is 19.3 Å². The van der Waals surface area contributed by atoms with E-state index in [0.717, 1.165) is 49.9 Å². The Kier molecular flexibility index (Phi) is 6.43. The Hall–Kier alpha value is -4.53. The van der Waals surface area contributed by atoms with Crippen LogP contribution in [0.1, 0.15) is 16.7 Å². The molecule has 1 fully saturated rings. The first-order valence-electron chi connectivity index (χ1n) is 12.0. The molecule has 0 bridgehead atoms. The lowest BCUT2D eigenvalue weighted by atomic mass is 10.1. The molecule has 0 radical (unpaired) electrons. The number of carbonyl (C=O) groups is 2. The number of hydrogen-bond donors (Lipinski definition) is 1. The Labute approximate surface area is 215 Å². The van der Waals surface area contributed by atoms with Crippen LogP contribution in [-0.4, -0.2) is 54.6 Å². The van der Waals surface area contributed by atoms with E-state index in [0.29, 0.717) is 18.9 Å². The second-order valence-corrected chi connectivity index (χ2v) is 9.09. The van der Waals surface area contributed by atoms with E-state index in [9.17, 15) is 9.59 Å². The van der Waals surface area contributed by atoms with E-state index in [1.807, 2.05) is 43.3 Å². The second-order valence-electron chi connectivity index (χ2n) is 9.09. The molecule has 1 aliphatic rings. The average molecular weight is 500 g/mol. The minimum Gasteiger partial charge on any atom is -0.497 e. The quantitative estimate of drug-likeness (QED) is 0.359. The molecule has 0 saturated carbocycles. The zero-order chi connectivity index (χ0) is 26.1. The number of anilines is 2. The third-order valence-corrected chi connectivity index (χ3v) is 6.59. The van der Waals surface area contributed by atoms with Crippen molar-refractivity contribution in [3.05, 3.63) is 77.4 Å². The molecule has 9 nitrogen and oxygen atoms in total. The average Bonchev–Trinajstić information content (AvgIpc) is 3.43. The van der Waals surface area contributed by atoms with Crippen molar-refractivity contribution in [3.8, 4) is 11.5 Å². The maximum absolute atomic E-state index is 12.5. The molecule has 0 atom stereocenters. The van der Waals surface area contributed by atoms with Gasteiger partial charge in [0.25, 0.3) is 5.91 Å². The van der Waals surface area contributed by atoms with Crippen LogP contribution >= 0.6 is 0 Å². The number of methoxy groups -OCH3 is 2. The first-order valence-corrected chi connectivity index (χ1v) is 12.0. The summed E-state index contributed by atoms with van der Waals surface area (Å²) >= 11 is 0. The van der Waals surface area contributed by atoms with Gasteiger partial charge < -0.3 is 19.4 Å². The number of imide groups is 1. The highest BCUT2D eigenvalue weighted by Crippen LogP contribution is 2.30. The Morgan fingerprint density at radius 2 is 1.49 bits per heavy atom. The summed E-state index contributed by atoms with van der Waals surface area (Å²) in [6.07, 6.45) is 0. The summed E-state index contributed by atoms with van der Waals surface area (Å²) in [5, 5.41) is 0. The highest BCUT2D eigenvalue weighted by molar-refractivity contribution is 6.12. The number of likely N-dealkylation sites (N-methyl/N-ethyl adjacent to an activating group) is 1. The summed E-state index contributed by atoms with van der Waals surface area (Å²) in [5.74, 6) is 2.77. The number of amides is 3. The highest BCUT2D eigenvalue weighted by Gasteiger charge is 2.35. The highest BCUT2D eigenvalue weighted by atomic mass is 16.5. The number of carbonyl (C=O) groups excluding carboxylic acids is 2. The number of benzene rings is 2. The largest absolute Gasteiger partial charge is 0.497 e. The first kappa shape index (κ1) is 24.2. The van der Waals surface area contributed by atoms with E-state index < -0.39 is 0 Å². The van der Waals surface area contributed by atoms with Crippen LogP contribution in [0.4, 0.5) is 16.4 Å². The molecule has 190 valence electrons. The fourth-order valence-corrected chi connectivity index (χ4v) is 4.49. The predicted molar refractivity (Wildman–Crippen MR) is 142 cm³/mol. The number of rotatable bonds is 8. The molecule has 0 spiro atoms. The third-order valence-electron chi connectivity index (χ3n) is 6.59. The number of H-pyrrole nitrogens is 1. The van der Waals surface area contributed by atoms with E-state index in [1.165, 1.54) is 11.9 Å². The predicted octanol–water partition coefficient (Wildman–Crippen LogP) is 4.49. The second kappa shape index (κ2) is 9.85. The van der Waals surface area contributed by atoms with E-state index >= 15 is 0 Å². The van der Waals surface area contributed by atoms with Gasteiger partial charge in [-0.05, 0) is 53.9 Å². The fourth-order valence-electron chi connectivity index (χ4n) is 4.49. The Bertz CT molecular complexity index is 1400. The van der Waals surface area contributed by atoms with Gasteiger partial charge in [-0.1, -0.05) is 24.3 Å². The first-order chi connectivity index (χ1) is 17.9. The Morgan fingerprint density at radius 1 is 0.919 bits per heavy atom. The van der Waals surface area contributed by atoms with Gasteiger partial charge in [0.2, 0.25) is 0 Å². The topological polar surface area (TPSA) is 91.0 Å². The van der Waals surface area contributed by atoms with Crippen molar-refractivity contribution in [2.45, 2.75) is 20.0 Å². The molecule has 9 heteroatoms. The van der Waals surface area contributed by atoms with Crippen molar-refractivity contribution < 1.29 is 19.1 Å². The zero-order valence-electron chi connectivity index (χ0n) is 21.3. The third kappa shape index (κ3) is 4.80. The molecule has 0 unspecified atom stereocenters. The van der Waals surface area contributed by atoms with Gasteiger partial charge >= 0.3 is 6.03 Å². The number of urea groups is 1. The number of aromatic amines is 1. The molecule has 0 aliphatic carbocycles. The summed E-state index contributed by atoms with van der Waals surface area (Å²) in [6, 6.07) is 19.5. The fraction of sp³-hybridized carbons (Fsp3) is 0.250. The number of ether oxygens (including phenoxy) is 2. The summed E-state index contributed by atoms with van der Waals surface area (Å²) < 4.78 is 10.6. The molecular weight excluding hydrogens is 470 g/mol. The maximum atomic E-state index is 12.5. The van der Waals surface area contributed by atoms with E-state index in [1.54, 1.807) is 14.2 Å². The van der Waals surface area contributed by atoms with Crippen LogP contribution in [0.2, 0.25) is 0 Å². The molecule has 3 heterocycles. The van der Waals surface area contributed by atoms with E-state index in [2.05, 4.69) is 34.1 Å². The van der Waals surface area contributed by atoms with Crippen molar-refractivity contribution in [1.82, 2.24) is 14.9 Å². The van der Waals surface area contributed by atoms with Crippen LogP contribution in [0.3, 0.4) is 0 Å². The normalized spacial score (nSPS) is 13.5. The van der Waals surface area contributed by atoms with Gasteiger partial charge in [0.1, 0.15) is 29.7 Å². The number of fused-ring (bicyclic) bond motifs is 1. The lowest BCUT2D eigenvalue weighted by Crippen LogP contribution is -2.29. The monoisotopic (exact) mass is 499 g/mol. The van der Waals surface area contributed by atoms with Gasteiger partial charge in [-0.2, -0.15) is 0 Å². The molecule has 5 rings (SSSR count). The molecule has 37 heavy (non-hydrogen) atoms. The molecule has 4 aromatic rings. The van der Waals surface area contributed by atoms with Crippen molar-refractivity contribution >= 4 is 34.6 Å². The van der Waals surface area contributed by atoms with Crippen LogP contribution in [0.15, 0.2) is 60.7 Å². The molecule has 3 amide bonds. The lowest BCUT2D eigenvalue weighted by Gasteiger charge is -2.26. The van der Waals surface area contributed by atoms with Gasteiger partial charge in [-0.3, -0.25) is 14.6 Å². The summed E-state index contributed by atoms with van der Waals surface area (Å²) in [6.45, 7) is 3.30. The lowest BCUT2D eigenvalue weighted by molar-refractivity contribution is -0.123. The van der Waals surface area contributed by atoms with Crippen molar-refractivity contribution in [2.75, 3.05) is 37.6 Å². The minimum atomic E-state index is -0.353. The van der Waals surface area contributed by atoms with Crippen LogP contribution in [0.25, 0.3) is 11.0 Å². The van der Waals surface area contributed by atoms with Gasteiger partial charge in [-0.15, -0.1) is 0 Å². The van der Waals surface area contributed by atoms with E-state index in [4.69, 9.17) is 14.5 Å². The van der Waals surface area contributed by atoms with Gasteiger partial charge in [0.15, 0.2) is 0 Å². The molecular formula is C28H29N5O4. The number of hydrogen-bond acceptors (Lipinski definition) is 6. The number of aromatic nitrogens is 2. The molecule has 1 saturated heterocycles. The van der Waals surface area contributed by atoms with Crippen LogP contribution in [0, 0.1) is 6.92 Å². The Morgan fingerprint density at radius 3 is 1.97 bits per heavy atom. The van der Waals surface area contributed by atoms with Crippen LogP contribution in [0.5, 0.6) is 11.5 Å². The van der Waals surface area contributed by atoms with E-state index in [-0.39, 0.29) is 18.5 Å². The van der Waals surface area contributed by atoms with Crippen molar-refractivity contribution in [2.24, 2.45) is 0 Å². The number of nitrogens with zero attached hydrogens (tertiary/aromatic N) is 4. The van der Waals surface area contributed by atoms with Gasteiger partial charge in [-0.25, -0.2) is 9.78 Å². The standard InChI is InChI=1S/C28H29N5O4/c1-18-13-23-24(14-25(29-23)33-17-26(34)31(2)28(33)35)30-27(18)32(15-19-5-9-21(36-3)10-6-19)16-20-7-11-22(37-4)12-8-20/h5-14,29H,15-17H2,1-4H3. The summed E-state index contributed by atoms with van der Waals surface area (Å²) in [5.41, 5.74) is 4.76. The maximum Gasteiger partial charge on any atom is 0.332 e. The minimum absolute atomic E-state index is 0.00899. The zero-order valence-corrected chi connectivity index (χ0v) is 21.3. The summed E-state index contributed by atoms with van der Waals surface area (Å²) in [4.78, 5) is 37.6. The number of aryl methyl sites for hydroxylation is 1. The smallest absolute Gasteiger partial charge is 0.332 e. The van der Waals surface area contributed by atoms with Gasteiger partial charge in [0.05, 0.1) is 25.3 Å². The SMILES string of the molecule is COc1ccc(CN(Cc2ccc(OC)cc2)c2nc3cc(N4CC(=O)N(C)C4=O)[nH]c3cc2C)cc1. The molecule has 1 N–H and O–H groups in total. The Balaban J connectivity index is 1.50. The molecule has 2 aromatic carbocycles.